The molecule has 0 radical (unpaired) electrons. The number of aromatic nitrogens is 2. The van der Waals surface area contributed by atoms with Crippen LogP contribution >= 0.6 is 0 Å². The van der Waals surface area contributed by atoms with E-state index in [1.165, 1.54) is 24.1 Å². The molecule has 140 valence electrons. The predicted molar refractivity (Wildman–Crippen MR) is 105 cm³/mol. The van der Waals surface area contributed by atoms with Gasteiger partial charge in [0, 0.05) is 35.3 Å². The van der Waals surface area contributed by atoms with Crippen LogP contribution in [-0.4, -0.2) is 22.4 Å². The molecule has 27 heavy (non-hydrogen) atoms. The van der Waals surface area contributed by atoms with Gasteiger partial charge in [0.05, 0.1) is 0 Å². The molecule has 0 aliphatic heterocycles. The number of nitrogens with zero attached hydrogens (tertiary/aromatic N) is 2. The van der Waals surface area contributed by atoms with Crippen molar-refractivity contribution in [2.24, 2.45) is 0 Å². The van der Waals surface area contributed by atoms with Crippen molar-refractivity contribution in [2.75, 3.05) is 6.54 Å². The Balaban J connectivity index is 1.44. The number of amides is 1. The molecule has 2 aromatic heterocycles. The summed E-state index contributed by atoms with van der Waals surface area (Å²) in [5.41, 5.74) is 6.38. The van der Waals surface area contributed by atoms with Crippen molar-refractivity contribution in [1.82, 2.24) is 15.3 Å². The van der Waals surface area contributed by atoms with Crippen LogP contribution in [0.3, 0.4) is 0 Å². The van der Waals surface area contributed by atoms with E-state index in [0.29, 0.717) is 18.7 Å². The highest BCUT2D eigenvalue weighted by Crippen LogP contribution is 2.26. The van der Waals surface area contributed by atoms with E-state index in [2.05, 4.69) is 23.3 Å². The molecular formula is C22H25N3O2. The van der Waals surface area contributed by atoms with E-state index in [9.17, 15) is 4.79 Å². The lowest BCUT2D eigenvalue weighted by atomic mass is 9.95. The second kappa shape index (κ2) is 7.14. The zero-order valence-corrected chi connectivity index (χ0v) is 16.2. The van der Waals surface area contributed by atoms with Crippen molar-refractivity contribution in [3.8, 4) is 0 Å². The average Bonchev–Trinajstić information content (AvgIpc) is 2.98. The number of rotatable bonds is 4. The quantitative estimate of drug-likeness (QED) is 0.761. The lowest BCUT2D eigenvalue weighted by molar-refractivity contribution is 0.0927. The Labute approximate surface area is 159 Å². The Morgan fingerprint density at radius 2 is 1.96 bits per heavy atom. The minimum absolute atomic E-state index is 0.184. The van der Waals surface area contributed by atoms with Gasteiger partial charge in [0.1, 0.15) is 11.4 Å². The molecular weight excluding hydrogens is 338 g/mol. The standard InChI is InChI=1S/C22H25N3O2/c1-13-8-9-19-17(12-13)14(2)21(27-19)22(26)23-11-10-20-24-15(3)16-6-4-5-7-18(16)25-20/h8-9,12H,4-7,10-11H2,1-3H3,(H,23,26). The topological polar surface area (TPSA) is 68.0 Å². The van der Waals surface area contributed by atoms with Crippen LogP contribution in [0.1, 0.15) is 57.3 Å². The predicted octanol–water partition coefficient (Wildman–Crippen LogP) is 4.00. The number of furan rings is 1. The van der Waals surface area contributed by atoms with Gasteiger partial charge in [-0.3, -0.25) is 4.79 Å². The zero-order valence-electron chi connectivity index (χ0n) is 16.2. The zero-order chi connectivity index (χ0) is 19.0. The van der Waals surface area contributed by atoms with E-state index in [0.717, 1.165) is 46.5 Å². The first-order chi connectivity index (χ1) is 13.0. The molecule has 5 nitrogen and oxygen atoms in total. The van der Waals surface area contributed by atoms with Crippen LogP contribution in [0, 0.1) is 20.8 Å². The third-order valence-corrected chi connectivity index (χ3v) is 5.37. The molecule has 1 amide bonds. The first kappa shape index (κ1) is 17.7. The maximum Gasteiger partial charge on any atom is 0.287 e. The van der Waals surface area contributed by atoms with E-state index in [1.807, 2.05) is 26.0 Å². The van der Waals surface area contributed by atoms with Crippen molar-refractivity contribution in [1.29, 1.82) is 0 Å². The lowest BCUT2D eigenvalue weighted by Gasteiger charge is -2.17. The van der Waals surface area contributed by atoms with Crippen molar-refractivity contribution in [2.45, 2.75) is 52.9 Å². The van der Waals surface area contributed by atoms with Crippen LogP contribution < -0.4 is 5.32 Å². The second-order valence-electron chi connectivity index (χ2n) is 7.42. The summed E-state index contributed by atoms with van der Waals surface area (Å²) < 4.78 is 5.77. The van der Waals surface area contributed by atoms with E-state index in [4.69, 9.17) is 9.40 Å². The molecule has 4 rings (SSSR count). The number of hydrogen-bond donors (Lipinski definition) is 1. The van der Waals surface area contributed by atoms with Crippen LogP contribution in [0.15, 0.2) is 22.6 Å². The van der Waals surface area contributed by atoms with Gasteiger partial charge in [0.25, 0.3) is 5.91 Å². The van der Waals surface area contributed by atoms with Crippen molar-refractivity contribution >= 4 is 16.9 Å². The fourth-order valence-electron chi connectivity index (χ4n) is 3.88. The third-order valence-electron chi connectivity index (χ3n) is 5.37. The molecule has 1 aliphatic rings. The SMILES string of the molecule is Cc1ccc2oc(C(=O)NCCc3nc(C)c4c(n3)CCCC4)c(C)c2c1. The lowest BCUT2D eigenvalue weighted by Crippen LogP contribution is -2.26. The molecule has 1 aromatic carbocycles. The Morgan fingerprint density at radius 3 is 2.81 bits per heavy atom. The summed E-state index contributed by atoms with van der Waals surface area (Å²) in [5.74, 6) is 1.01. The number of aryl methyl sites for hydroxylation is 4. The summed E-state index contributed by atoms with van der Waals surface area (Å²) in [6, 6.07) is 5.95. The van der Waals surface area contributed by atoms with Gasteiger partial charge in [-0.2, -0.15) is 0 Å². The molecule has 5 heteroatoms. The number of carbonyl (C=O) groups excluding carboxylic acids is 1. The van der Waals surface area contributed by atoms with Crippen LogP contribution in [0.5, 0.6) is 0 Å². The minimum Gasteiger partial charge on any atom is -0.451 e. The van der Waals surface area contributed by atoms with Crippen LogP contribution in [0.2, 0.25) is 0 Å². The third kappa shape index (κ3) is 3.46. The summed E-state index contributed by atoms with van der Waals surface area (Å²) in [4.78, 5) is 21.9. The van der Waals surface area contributed by atoms with E-state index < -0.39 is 0 Å². The number of hydrogen-bond acceptors (Lipinski definition) is 4. The molecule has 0 bridgehead atoms. The smallest absolute Gasteiger partial charge is 0.287 e. The summed E-state index contributed by atoms with van der Waals surface area (Å²) in [5, 5.41) is 3.94. The first-order valence-electron chi connectivity index (χ1n) is 9.66. The van der Waals surface area contributed by atoms with Crippen LogP contribution in [0.25, 0.3) is 11.0 Å². The first-order valence-corrected chi connectivity index (χ1v) is 9.66. The molecule has 0 fully saturated rings. The molecule has 1 N–H and O–H groups in total. The van der Waals surface area contributed by atoms with Crippen LogP contribution in [-0.2, 0) is 19.3 Å². The minimum atomic E-state index is -0.184. The Morgan fingerprint density at radius 1 is 1.15 bits per heavy atom. The van der Waals surface area contributed by atoms with Crippen LogP contribution in [0.4, 0.5) is 0 Å². The number of nitrogens with one attached hydrogen (secondary N) is 1. The monoisotopic (exact) mass is 363 g/mol. The Hall–Kier alpha value is -2.69. The molecule has 0 atom stereocenters. The maximum absolute atomic E-state index is 12.6. The Bertz CT molecular complexity index is 1020. The van der Waals surface area contributed by atoms with Crippen molar-refractivity contribution in [3.05, 3.63) is 57.9 Å². The highest BCUT2D eigenvalue weighted by atomic mass is 16.3. The fraction of sp³-hybridized carbons (Fsp3) is 0.409. The molecule has 3 aromatic rings. The van der Waals surface area contributed by atoms with E-state index in [-0.39, 0.29) is 5.91 Å². The van der Waals surface area contributed by atoms with Crippen molar-refractivity contribution in [3.63, 3.8) is 0 Å². The largest absolute Gasteiger partial charge is 0.451 e. The summed E-state index contributed by atoms with van der Waals surface area (Å²) in [6.07, 6.45) is 5.17. The fourth-order valence-corrected chi connectivity index (χ4v) is 3.88. The van der Waals surface area contributed by atoms with Gasteiger partial charge >= 0.3 is 0 Å². The van der Waals surface area contributed by atoms with Crippen molar-refractivity contribution < 1.29 is 9.21 Å². The maximum atomic E-state index is 12.6. The number of fused-ring (bicyclic) bond motifs is 2. The molecule has 2 heterocycles. The molecule has 0 unspecified atom stereocenters. The summed E-state index contributed by atoms with van der Waals surface area (Å²) in [7, 11) is 0. The van der Waals surface area contributed by atoms with Gasteiger partial charge < -0.3 is 9.73 Å². The van der Waals surface area contributed by atoms with E-state index >= 15 is 0 Å². The van der Waals surface area contributed by atoms with E-state index in [1.54, 1.807) is 0 Å². The Kier molecular flexibility index (Phi) is 4.68. The van der Waals surface area contributed by atoms with Gasteiger partial charge in [-0.1, -0.05) is 11.6 Å². The molecule has 0 saturated carbocycles. The second-order valence-corrected chi connectivity index (χ2v) is 7.42. The number of benzene rings is 1. The summed E-state index contributed by atoms with van der Waals surface area (Å²) in [6.45, 7) is 6.52. The highest BCUT2D eigenvalue weighted by Gasteiger charge is 2.18. The normalized spacial score (nSPS) is 13.6. The van der Waals surface area contributed by atoms with Gasteiger partial charge in [-0.05, 0) is 64.2 Å². The average molecular weight is 363 g/mol. The number of carbonyl (C=O) groups is 1. The van der Waals surface area contributed by atoms with Gasteiger partial charge in [0.15, 0.2) is 5.76 Å². The van der Waals surface area contributed by atoms with Gasteiger partial charge in [0.2, 0.25) is 0 Å². The summed E-state index contributed by atoms with van der Waals surface area (Å²) >= 11 is 0. The van der Waals surface area contributed by atoms with Gasteiger partial charge in [-0.25, -0.2) is 9.97 Å². The molecule has 0 saturated heterocycles. The molecule has 0 spiro atoms. The van der Waals surface area contributed by atoms with Gasteiger partial charge in [-0.15, -0.1) is 0 Å². The highest BCUT2D eigenvalue weighted by molar-refractivity contribution is 5.99. The molecule has 1 aliphatic carbocycles.